The fourth-order valence-corrected chi connectivity index (χ4v) is 2.79. The maximum atomic E-state index is 11.0. The number of nitriles is 1. The van der Waals surface area contributed by atoms with Gasteiger partial charge in [0.05, 0.1) is 4.92 Å². The Morgan fingerprint density at radius 1 is 1.24 bits per heavy atom. The predicted molar refractivity (Wildman–Crippen MR) is 84.7 cm³/mol. The van der Waals surface area contributed by atoms with E-state index in [1.165, 1.54) is 12.1 Å². The number of aryl methyl sites for hydroxylation is 2. The number of nitrogens with zero attached hydrogens (tertiary/aromatic N) is 2. The summed E-state index contributed by atoms with van der Waals surface area (Å²) in [6.45, 7) is 3.91. The van der Waals surface area contributed by atoms with Crippen molar-refractivity contribution >= 4 is 33.0 Å². The average molecular weight is 346 g/mol. The van der Waals surface area contributed by atoms with E-state index in [1.807, 2.05) is 32.0 Å². The van der Waals surface area contributed by atoms with E-state index in [-0.39, 0.29) is 11.3 Å². The van der Waals surface area contributed by atoms with Crippen LogP contribution in [0.1, 0.15) is 16.7 Å². The van der Waals surface area contributed by atoms with Gasteiger partial charge in [0, 0.05) is 21.9 Å². The normalized spacial score (nSPS) is 10.0. The van der Waals surface area contributed by atoms with Crippen molar-refractivity contribution < 1.29 is 4.92 Å². The second-order valence-corrected chi connectivity index (χ2v) is 5.56. The highest BCUT2D eigenvalue weighted by Crippen LogP contribution is 2.30. The summed E-state index contributed by atoms with van der Waals surface area (Å²) in [7, 11) is 0. The van der Waals surface area contributed by atoms with Crippen LogP contribution in [0.3, 0.4) is 0 Å². The van der Waals surface area contributed by atoms with E-state index in [0.717, 1.165) is 21.3 Å². The molecular formula is C15H12BrN3O2. The Morgan fingerprint density at radius 2 is 1.86 bits per heavy atom. The molecule has 0 saturated carbocycles. The minimum Gasteiger partial charge on any atom is -0.355 e. The number of hydrogen-bond acceptors (Lipinski definition) is 4. The van der Waals surface area contributed by atoms with Crippen LogP contribution in [0.15, 0.2) is 34.8 Å². The van der Waals surface area contributed by atoms with Gasteiger partial charge in [-0.2, -0.15) is 5.26 Å². The molecule has 0 saturated heterocycles. The third kappa shape index (κ3) is 3.20. The van der Waals surface area contributed by atoms with Crippen LogP contribution < -0.4 is 5.32 Å². The highest BCUT2D eigenvalue weighted by molar-refractivity contribution is 9.10. The van der Waals surface area contributed by atoms with Crippen molar-refractivity contribution in [2.24, 2.45) is 0 Å². The highest BCUT2D eigenvalue weighted by atomic mass is 79.9. The standard InChI is InChI=1S/C15H12BrN3O2/c1-9-5-12(16)6-10(2)15(9)18-13-4-3-11(8-17)14(7-13)19(20)21/h3-7,18H,1-2H3. The number of nitro benzene ring substituents is 1. The van der Waals surface area contributed by atoms with Crippen molar-refractivity contribution in [2.75, 3.05) is 5.32 Å². The molecule has 0 bridgehead atoms. The van der Waals surface area contributed by atoms with Crippen LogP contribution >= 0.6 is 15.9 Å². The Hall–Kier alpha value is -2.39. The van der Waals surface area contributed by atoms with E-state index in [2.05, 4.69) is 21.2 Å². The van der Waals surface area contributed by atoms with Gasteiger partial charge in [-0.1, -0.05) is 15.9 Å². The van der Waals surface area contributed by atoms with Gasteiger partial charge in [-0.15, -0.1) is 0 Å². The number of rotatable bonds is 3. The predicted octanol–water partition coefficient (Wildman–Crippen LogP) is 4.59. The molecule has 106 valence electrons. The number of halogens is 1. The van der Waals surface area contributed by atoms with Gasteiger partial charge in [0.15, 0.2) is 0 Å². The molecule has 0 unspecified atom stereocenters. The Labute approximate surface area is 130 Å². The number of benzene rings is 2. The largest absolute Gasteiger partial charge is 0.355 e. The molecule has 5 nitrogen and oxygen atoms in total. The van der Waals surface area contributed by atoms with Crippen LogP contribution in [0.4, 0.5) is 17.1 Å². The molecular weight excluding hydrogens is 334 g/mol. The Bertz CT molecular complexity index is 743. The number of hydrogen-bond donors (Lipinski definition) is 1. The summed E-state index contributed by atoms with van der Waals surface area (Å²) in [5.74, 6) is 0. The molecule has 2 aromatic carbocycles. The Morgan fingerprint density at radius 3 is 2.38 bits per heavy atom. The summed E-state index contributed by atoms with van der Waals surface area (Å²) >= 11 is 3.43. The van der Waals surface area contributed by atoms with Crippen LogP contribution in [0.25, 0.3) is 0 Å². The maximum absolute atomic E-state index is 11.0. The third-order valence-electron chi connectivity index (χ3n) is 3.08. The minimum absolute atomic E-state index is 0.0507. The summed E-state index contributed by atoms with van der Waals surface area (Å²) < 4.78 is 0.980. The van der Waals surface area contributed by atoms with E-state index in [9.17, 15) is 10.1 Å². The molecule has 2 rings (SSSR count). The maximum Gasteiger partial charge on any atom is 0.289 e. The minimum atomic E-state index is -0.551. The van der Waals surface area contributed by atoms with Crippen LogP contribution in [0, 0.1) is 35.3 Å². The Kier molecular flexibility index (Phi) is 4.24. The van der Waals surface area contributed by atoms with E-state index >= 15 is 0 Å². The molecule has 0 aromatic heterocycles. The van der Waals surface area contributed by atoms with Gasteiger partial charge >= 0.3 is 0 Å². The van der Waals surface area contributed by atoms with Gasteiger partial charge in [0.25, 0.3) is 5.69 Å². The zero-order chi connectivity index (χ0) is 15.6. The first-order valence-corrected chi connectivity index (χ1v) is 6.94. The summed E-state index contributed by atoms with van der Waals surface area (Å²) in [5, 5.41) is 23.1. The van der Waals surface area contributed by atoms with Crippen molar-refractivity contribution in [1.29, 1.82) is 5.26 Å². The molecule has 0 aliphatic heterocycles. The van der Waals surface area contributed by atoms with Crippen LogP contribution in [-0.4, -0.2) is 4.92 Å². The lowest BCUT2D eigenvalue weighted by atomic mass is 10.1. The smallest absolute Gasteiger partial charge is 0.289 e. The summed E-state index contributed by atoms with van der Waals surface area (Å²) in [6.07, 6.45) is 0. The molecule has 0 amide bonds. The molecule has 0 fully saturated rings. The fraction of sp³-hybridized carbons (Fsp3) is 0.133. The quantitative estimate of drug-likeness (QED) is 0.651. The second kappa shape index (κ2) is 5.94. The molecule has 0 heterocycles. The first-order chi connectivity index (χ1) is 9.92. The number of nitro groups is 1. The van der Waals surface area contributed by atoms with Gasteiger partial charge in [-0.25, -0.2) is 0 Å². The van der Waals surface area contributed by atoms with Crippen LogP contribution in [-0.2, 0) is 0 Å². The summed E-state index contributed by atoms with van der Waals surface area (Å²) in [6, 6.07) is 10.2. The molecule has 0 aliphatic carbocycles. The third-order valence-corrected chi connectivity index (χ3v) is 3.54. The van der Waals surface area contributed by atoms with Gasteiger partial charge in [0.1, 0.15) is 11.6 Å². The van der Waals surface area contributed by atoms with Crippen LogP contribution in [0.2, 0.25) is 0 Å². The fourth-order valence-electron chi connectivity index (χ4n) is 2.11. The molecule has 0 spiro atoms. The lowest BCUT2D eigenvalue weighted by molar-refractivity contribution is -0.385. The zero-order valence-corrected chi connectivity index (χ0v) is 13.1. The molecule has 2 aromatic rings. The van der Waals surface area contributed by atoms with Crippen molar-refractivity contribution in [2.45, 2.75) is 13.8 Å². The lowest BCUT2D eigenvalue weighted by Crippen LogP contribution is -1.99. The summed E-state index contributed by atoms with van der Waals surface area (Å²) in [5.41, 5.74) is 3.37. The summed E-state index contributed by atoms with van der Waals surface area (Å²) in [4.78, 5) is 10.4. The molecule has 0 radical (unpaired) electrons. The lowest BCUT2D eigenvalue weighted by Gasteiger charge is -2.13. The second-order valence-electron chi connectivity index (χ2n) is 4.64. The average Bonchev–Trinajstić information content (AvgIpc) is 2.42. The van der Waals surface area contributed by atoms with Crippen LogP contribution in [0.5, 0.6) is 0 Å². The van der Waals surface area contributed by atoms with Gasteiger partial charge in [0.2, 0.25) is 0 Å². The van der Waals surface area contributed by atoms with Gasteiger partial charge in [-0.05, 0) is 49.2 Å². The molecule has 0 atom stereocenters. The molecule has 21 heavy (non-hydrogen) atoms. The Balaban J connectivity index is 2.44. The van der Waals surface area contributed by atoms with Crippen molar-refractivity contribution in [3.63, 3.8) is 0 Å². The first kappa shape index (κ1) is 15.0. The topological polar surface area (TPSA) is 79.0 Å². The van der Waals surface area contributed by atoms with Crippen molar-refractivity contribution in [3.05, 3.63) is 61.6 Å². The van der Waals surface area contributed by atoms with Gasteiger partial charge in [-0.3, -0.25) is 10.1 Å². The van der Waals surface area contributed by atoms with Gasteiger partial charge < -0.3 is 5.32 Å². The number of nitrogens with one attached hydrogen (secondary N) is 1. The van der Waals surface area contributed by atoms with Crippen molar-refractivity contribution in [3.8, 4) is 6.07 Å². The molecule has 6 heteroatoms. The zero-order valence-electron chi connectivity index (χ0n) is 11.5. The molecule has 0 aliphatic rings. The highest BCUT2D eigenvalue weighted by Gasteiger charge is 2.15. The SMILES string of the molecule is Cc1cc(Br)cc(C)c1Nc1ccc(C#N)c([N+](=O)[O-])c1. The first-order valence-electron chi connectivity index (χ1n) is 6.14. The number of anilines is 2. The van der Waals surface area contributed by atoms with E-state index < -0.39 is 4.92 Å². The van der Waals surface area contributed by atoms with E-state index in [0.29, 0.717) is 5.69 Å². The monoisotopic (exact) mass is 345 g/mol. The van der Waals surface area contributed by atoms with E-state index in [4.69, 9.17) is 5.26 Å². The molecule has 1 N–H and O–H groups in total. The van der Waals surface area contributed by atoms with Crippen molar-refractivity contribution in [1.82, 2.24) is 0 Å². The van der Waals surface area contributed by atoms with E-state index in [1.54, 1.807) is 6.07 Å².